The molecule has 1 nitrogen and oxygen atoms in total. The van der Waals surface area contributed by atoms with E-state index in [0.717, 1.165) is 11.1 Å². The molecule has 0 amide bonds. The van der Waals surface area contributed by atoms with E-state index in [4.69, 9.17) is 23.2 Å². The molecule has 0 aromatic heterocycles. The topological polar surface area (TPSA) is 12.0 Å². The molecule has 88 valence electrons. The van der Waals surface area contributed by atoms with Crippen molar-refractivity contribution in [1.82, 2.24) is 5.32 Å². The SMILES string of the molecule is CC(C)=C(C)NCc1c(C)ccc(Cl)c1Cl. The van der Waals surface area contributed by atoms with Crippen molar-refractivity contribution in [1.29, 1.82) is 0 Å². The summed E-state index contributed by atoms with van der Waals surface area (Å²) in [5, 5.41) is 4.60. The number of hydrogen-bond acceptors (Lipinski definition) is 1. The highest BCUT2D eigenvalue weighted by molar-refractivity contribution is 6.42. The molecule has 0 radical (unpaired) electrons. The zero-order valence-electron chi connectivity index (χ0n) is 10.1. The van der Waals surface area contributed by atoms with Gasteiger partial charge in [-0.3, -0.25) is 0 Å². The fraction of sp³-hybridized carbons (Fsp3) is 0.385. The largest absolute Gasteiger partial charge is 0.384 e. The van der Waals surface area contributed by atoms with E-state index in [0.29, 0.717) is 16.6 Å². The second-order valence-electron chi connectivity index (χ2n) is 4.14. The lowest BCUT2D eigenvalue weighted by Gasteiger charge is -2.13. The normalized spacial score (nSPS) is 10.1. The molecule has 0 aliphatic heterocycles. The van der Waals surface area contributed by atoms with Gasteiger partial charge in [0.15, 0.2) is 0 Å². The molecule has 0 aliphatic rings. The van der Waals surface area contributed by atoms with Gasteiger partial charge in [-0.25, -0.2) is 0 Å². The minimum absolute atomic E-state index is 0.610. The second-order valence-corrected chi connectivity index (χ2v) is 4.92. The van der Waals surface area contributed by atoms with Crippen LogP contribution in [0.15, 0.2) is 23.4 Å². The lowest BCUT2D eigenvalue weighted by atomic mass is 10.1. The van der Waals surface area contributed by atoms with E-state index >= 15 is 0 Å². The second kappa shape index (κ2) is 5.60. The lowest BCUT2D eigenvalue weighted by molar-refractivity contribution is 0.794. The first kappa shape index (κ1) is 13.4. The van der Waals surface area contributed by atoms with Gasteiger partial charge in [0.05, 0.1) is 10.0 Å². The van der Waals surface area contributed by atoms with Crippen LogP contribution in [0, 0.1) is 6.92 Å². The maximum Gasteiger partial charge on any atom is 0.0644 e. The van der Waals surface area contributed by atoms with Crippen LogP contribution < -0.4 is 5.32 Å². The first-order valence-corrected chi connectivity index (χ1v) is 6.00. The van der Waals surface area contributed by atoms with Gasteiger partial charge in [-0.15, -0.1) is 0 Å². The van der Waals surface area contributed by atoms with Gasteiger partial charge in [0.2, 0.25) is 0 Å². The quantitative estimate of drug-likeness (QED) is 0.828. The number of halogens is 2. The minimum Gasteiger partial charge on any atom is -0.384 e. The molecule has 0 unspecified atom stereocenters. The molecule has 1 N–H and O–H groups in total. The average Bonchev–Trinajstić information content (AvgIpc) is 2.23. The number of allylic oxidation sites excluding steroid dienone is 2. The molecule has 0 aliphatic carbocycles. The Morgan fingerprint density at radius 3 is 2.38 bits per heavy atom. The lowest BCUT2D eigenvalue weighted by Crippen LogP contribution is -2.13. The van der Waals surface area contributed by atoms with Gasteiger partial charge in [0, 0.05) is 12.2 Å². The van der Waals surface area contributed by atoms with Crippen molar-refractivity contribution in [2.75, 3.05) is 0 Å². The Labute approximate surface area is 107 Å². The average molecular weight is 258 g/mol. The molecule has 0 spiro atoms. The van der Waals surface area contributed by atoms with Crippen molar-refractivity contribution in [2.24, 2.45) is 0 Å². The Kier molecular flexibility index (Phi) is 4.69. The predicted molar refractivity (Wildman–Crippen MR) is 72.1 cm³/mol. The fourth-order valence-electron chi connectivity index (χ4n) is 1.30. The fourth-order valence-corrected chi connectivity index (χ4v) is 1.76. The summed E-state index contributed by atoms with van der Waals surface area (Å²) < 4.78 is 0. The molecular weight excluding hydrogens is 241 g/mol. The monoisotopic (exact) mass is 257 g/mol. The maximum absolute atomic E-state index is 6.17. The molecule has 3 heteroatoms. The van der Waals surface area contributed by atoms with Crippen molar-refractivity contribution in [3.63, 3.8) is 0 Å². The molecular formula is C13H17Cl2N. The number of benzene rings is 1. The van der Waals surface area contributed by atoms with Crippen molar-refractivity contribution >= 4 is 23.2 Å². The number of hydrogen-bond donors (Lipinski definition) is 1. The van der Waals surface area contributed by atoms with Crippen molar-refractivity contribution in [3.05, 3.63) is 44.6 Å². The summed E-state index contributed by atoms with van der Waals surface area (Å²) in [4.78, 5) is 0. The highest BCUT2D eigenvalue weighted by Gasteiger charge is 2.07. The first-order chi connectivity index (χ1) is 7.43. The van der Waals surface area contributed by atoms with Crippen LogP contribution in [0.2, 0.25) is 10.0 Å². The van der Waals surface area contributed by atoms with Crippen molar-refractivity contribution in [3.8, 4) is 0 Å². The van der Waals surface area contributed by atoms with Gasteiger partial charge < -0.3 is 5.32 Å². The molecule has 1 aromatic carbocycles. The molecule has 0 saturated carbocycles. The molecule has 1 rings (SSSR count). The molecule has 1 aromatic rings. The summed E-state index contributed by atoms with van der Waals surface area (Å²) in [6, 6.07) is 3.82. The summed E-state index contributed by atoms with van der Waals surface area (Å²) >= 11 is 12.2. The third-order valence-corrected chi connectivity index (χ3v) is 3.55. The first-order valence-electron chi connectivity index (χ1n) is 5.25. The highest BCUT2D eigenvalue weighted by Crippen LogP contribution is 2.28. The van der Waals surface area contributed by atoms with Crippen LogP contribution in [0.5, 0.6) is 0 Å². The Morgan fingerprint density at radius 1 is 1.19 bits per heavy atom. The van der Waals surface area contributed by atoms with Crippen LogP contribution in [0.3, 0.4) is 0 Å². The molecule has 16 heavy (non-hydrogen) atoms. The van der Waals surface area contributed by atoms with E-state index in [-0.39, 0.29) is 0 Å². The van der Waals surface area contributed by atoms with Crippen LogP contribution >= 0.6 is 23.2 Å². The summed E-state index contributed by atoms with van der Waals surface area (Å²) in [6.45, 7) is 8.96. The predicted octanol–water partition coefficient (Wildman–Crippen LogP) is 4.71. The zero-order valence-corrected chi connectivity index (χ0v) is 11.6. The zero-order chi connectivity index (χ0) is 12.3. The van der Waals surface area contributed by atoms with Crippen LogP contribution in [-0.4, -0.2) is 0 Å². The van der Waals surface area contributed by atoms with E-state index in [2.05, 4.69) is 26.1 Å². The molecule has 0 bridgehead atoms. The number of rotatable bonds is 3. The van der Waals surface area contributed by atoms with Gasteiger partial charge >= 0.3 is 0 Å². The van der Waals surface area contributed by atoms with Gasteiger partial charge in [-0.05, 0) is 44.9 Å². The van der Waals surface area contributed by atoms with Crippen LogP contribution in [0.25, 0.3) is 0 Å². The molecule has 0 fully saturated rings. The third-order valence-electron chi connectivity index (χ3n) is 2.71. The molecule has 0 heterocycles. The summed E-state index contributed by atoms with van der Waals surface area (Å²) in [6.07, 6.45) is 0. The van der Waals surface area contributed by atoms with Gasteiger partial charge in [-0.1, -0.05) is 34.8 Å². The van der Waals surface area contributed by atoms with E-state index in [1.807, 2.05) is 19.1 Å². The van der Waals surface area contributed by atoms with Gasteiger partial charge in [0.1, 0.15) is 0 Å². The van der Waals surface area contributed by atoms with E-state index in [9.17, 15) is 0 Å². The molecule has 0 atom stereocenters. The van der Waals surface area contributed by atoms with Crippen LogP contribution in [0.4, 0.5) is 0 Å². The van der Waals surface area contributed by atoms with E-state index < -0.39 is 0 Å². The highest BCUT2D eigenvalue weighted by atomic mass is 35.5. The van der Waals surface area contributed by atoms with Crippen molar-refractivity contribution in [2.45, 2.75) is 34.2 Å². The summed E-state index contributed by atoms with van der Waals surface area (Å²) in [7, 11) is 0. The smallest absolute Gasteiger partial charge is 0.0644 e. The van der Waals surface area contributed by atoms with Crippen LogP contribution in [-0.2, 0) is 6.54 Å². The van der Waals surface area contributed by atoms with E-state index in [1.165, 1.54) is 11.3 Å². The Hall–Kier alpha value is -0.660. The Balaban J connectivity index is 2.90. The standard InChI is InChI=1S/C13H17Cl2N/c1-8(2)10(4)16-7-11-9(3)5-6-12(14)13(11)15/h5-6,16H,7H2,1-4H3. The Bertz CT molecular complexity index is 418. The number of aryl methyl sites for hydroxylation is 1. The minimum atomic E-state index is 0.610. The van der Waals surface area contributed by atoms with Crippen molar-refractivity contribution < 1.29 is 0 Å². The van der Waals surface area contributed by atoms with Crippen LogP contribution in [0.1, 0.15) is 31.9 Å². The van der Waals surface area contributed by atoms with Gasteiger partial charge in [0.25, 0.3) is 0 Å². The summed E-state index contributed by atoms with van der Waals surface area (Å²) in [5.41, 5.74) is 4.67. The maximum atomic E-state index is 6.17. The summed E-state index contributed by atoms with van der Waals surface area (Å²) in [5.74, 6) is 0. The molecule has 0 saturated heterocycles. The third kappa shape index (κ3) is 3.16. The van der Waals surface area contributed by atoms with E-state index in [1.54, 1.807) is 0 Å². The van der Waals surface area contributed by atoms with Gasteiger partial charge in [-0.2, -0.15) is 0 Å². The number of nitrogens with one attached hydrogen (secondary N) is 1. The Morgan fingerprint density at radius 2 is 1.81 bits per heavy atom.